The van der Waals surface area contributed by atoms with E-state index in [1.54, 1.807) is 18.2 Å². The first-order valence-electron chi connectivity index (χ1n) is 9.03. The third-order valence-corrected chi connectivity index (χ3v) is 5.70. The van der Waals surface area contributed by atoms with Crippen molar-refractivity contribution in [3.8, 4) is 17.2 Å². The van der Waals surface area contributed by atoms with Crippen LogP contribution in [0.15, 0.2) is 42.5 Å². The minimum absolute atomic E-state index is 0.135. The Bertz CT molecular complexity index is 1040. The Kier molecular flexibility index (Phi) is 6.88. The Labute approximate surface area is 179 Å². The van der Waals surface area contributed by atoms with Crippen molar-refractivity contribution in [3.63, 3.8) is 0 Å². The second-order valence-corrected chi connectivity index (χ2v) is 9.35. The maximum atomic E-state index is 11.6. The van der Waals surface area contributed by atoms with Crippen LogP contribution in [-0.4, -0.2) is 44.8 Å². The van der Waals surface area contributed by atoms with E-state index < -0.39 is 15.4 Å². The SMILES string of the molecule is COc1cc(CCOc2ccc(CC3SC(=O)NC3=O)cc2)ccc1OS(C)(=O)=O. The summed E-state index contributed by atoms with van der Waals surface area (Å²) in [6.45, 7) is 0.407. The molecule has 1 N–H and O–H groups in total. The summed E-state index contributed by atoms with van der Waals surface area (Å²) in [5.41, 5.74) is 1.84. The van der Waals surface area contributed by atoms with Gasteiger partial charge in [0.25, 0.3) is 5.24 Å². The van der Waals surface area contributed by atoms with Crippen LogP contribution in [0.3, 0.4) is 0 Å². The third kappa shape index (κ3) is 6.14. The van der Waals surface area contributed by atoms with Crippen LogP contribution < -0.4 is 19.0 Å². The maximum Gasteiger partial charge on any atom is 0.306 e. The molecule has 0 bridgehead atoms. The molecule has 1 atom stereocenters. The molecule has 0 aromatic heterocycles. The van der Waals surface area contributed by atoms with Gasteiger partial charge in [0.15, 0.2) is 11.5 Å². The molecule has 10 heteroatoms. The van der Waals surface area contributed by atoms with Gasteiger partial charge in [-0.15, -0.1) is 0 Å². The Morgan fingerprint density at radius 1 is 1.03 bits per heavy atom. The molecule has 0 aliphatic carbocycles. The number of amides is 2. The average Bonchev–Trinajstić information content (AvgIpc) is 3.00. The van der Waals surface area contributed by atoms with Crippen molar-refractivity contribution < 1.29 is 31.7 Å². The summed E-state index contributed by atoms with van der Waals surface area (Å²) < 4.78 is 38.4. The average molecular weight is 452 g/mol. The second kappa shape index (κ2) is 9.40. The summed E-state index contributed by atoms with van der Waals surface area (Å²) >= 11 is 1.01. The van der Waals surface area contributed by atoms with Gasteiger partial charge in [-0.3, -0.25) is 14.9 Å². The smallest absolute Gasteiger partial charge is 0.306 e. The van der Waals surface area contributed by atoms with Gasteiger partial charge in [0.2, 0.25) is 5.91 Å². The largest absolute Gasteiger partial charge is 0.493 e. The second-order valence-electron chi connectivity index (χ2n) is 6.60. The van der Waals surface area contributed by atoms with E-state index in [0.717, 1.165) is 29.1 Å². The molecule has 8 nitrogen and oxygen atoms in total. The molecule has 1 fully saturated rings. The highest BCUT2D eigenvalue weighted by molar-refractivity contribution is 8.15. The summed E-state index contributed by atoms with van der Waals surface area (Å²) in [4.78, 5) is 22.9. The van der Waals surface area contributed by atoms with Gasteiger partial charge in [-0.25, -0.2) is 0 Å². The van der Waals surface area contributed by atoms with Gasteiger partial charge in [-0.1, -0.05) is 30.0 Å². The van der Waals surface area contributed by atoms with E-state index >= 15 is 0 Å². The van der Waals surface area contributed by atoms with E-state index in [9.17, 15) is 18.0 Å². The lowest BCUT2D eigenvalue weighted by Gasteiger charge is -2.11. The highest BCUT2D eigenvalue weighted by atomic mass is 32.2. The van der Waals surface area contributed by atoms with Crippen LogP contribution in [0.2, 0.25) is 0 Å². The quantitative estimate of drug-likeness (QED) is 0.580. The summed E-state index contributed by atoms with van der Waals surface area (Å²) in [6, 6.07) is 12.4. The molecule has 3 rings (SSSR count). The van der Waals surface area contributed by atoms with Crippen molar-refractivity contribution in [2.75, 3.05) is 20.0 Å². The first-order valence-corrected chi connectivity index (χ1v) is 11.7. The molecule has 1 saturated heterocycles. The first-order chi connectivity index (χ1) is 14.2. The number of benzene rings is 2. The van der Waals surface area contributed by atoms with Crippen LogP contribution in [0.1, 0.15) is 11.1 Å². The molecule has 2 amide bonds. The van der Waals surface area contributed by atoms with Gasteiger partial charge in [-0.2, -0.15) is 8.42 Å². The van der Waals surface area contributed by atoms with Crippen LogP contribution in [0.5, 0.6) is 17.2 Å². The monoisotopic (exact) mass is 451 g/mol. The number of hydrogen-bond acceptors (Lipinski definition) is 8. The van der Waals surface area contributed by atoms with Crippen molar-refractivity contribution in [2.24, 2.45) is 0 Å². The molecular formula is C20H21NO7S2. The van der Waals surface area contributed by atoms with Gasteiger partial charge >= 0.3 is 10.1 Å². The van der Waals surface area contributed by atoms with Gasteiger partial charge < -0.3 is 13.7 Å². The van der Waals surface area contributed by atoms with E-state index in [1.165, 1.54) is 7.11 Å². The van der Waals surface area contributed by atoms with Gasteiger partial charge in [-0.05, 0) is 41.8 Å². The molecule has 1 heterocycles. The van der Waals surface area contributed by atoms with Crippen LogP contribution in [0.25, 0.3) is 0 Å². The number of carbonyl (C=O) groups is 2. The Balaban J connectivity index is 1.52. The number of methoxy groups -OCH3 is 1. The summed E-state index contributed by atoms with van der Waals surface area (Å²) in [5, 5.41) is 1.58. The molecule has 30 heavy (non-hydrogen) atoms. The summed E-state index contributed by atoms with van der Waals surface area (Å²) in [6.07, 6.45) is 2.03. The molecule has 2 aromatic rings. The number of rotatable bonds is 9. The van der Waals surface area contributed by atoms with Crippen molar-refractivity contribution in [3.05, 3.63) is 53.6 Å². The molecule has 0 spiro atoms. The standard InChI is InChI=1S/C20H21NO7S2/c1-26-17-11-14(5-8-16(17)28-30(2,24)25)9-10-27-15-6-3-13(4-7-15)12-18-19(22)21-20(23)29-18/h3-8,11,18H,9-10,12H2,1-2H3,(H,21,22,23). The minimum Gasteiger partial charge on any atom is -0.493 e. The van der Waals surface area contributed by atoms with Crippen molar-refractivity contribution in [2.45, 2.75) is 18.1 Å². The zero-order chi connectivity index (χ0) is 21.7. The number of imide groups is 1. The van der Waals surface area contributed by atoms with E-state index in [1.807, 2.05) is 24.3 Å². The van der Waals surface area contributed by atoms with Crippen molar-refractivity contribution in [1.82, 2.24) is 5.32 Å². The van der Waals surface area contributed by atoms with Crippen molar-refractivity contribution in [1.29, 1.82) is 0 Å². The third-order valence-electron chi connectivity index (χ3n) is 4.24. The minimum atomic E-state index is -3.64. The topological polar surface area (TPSA) is 108 Å². The Morgan fingerprint density at radius 3 is 2.33 bits per heavy atom. The van der Waals surface area contributed by atoms with Crippen LogP contribution in [-0.2, 0) is 27.8 Å². The fourth-order valence-electron chi connectivity index (χ4n) is 2.85. The normalized spacial score (nSPS) is 16.3. The fourth-order valence-corrected chi connectivity index (χ4v) is 4.17. The molecule has 160 valence electrons. The van der Waals surface area contributed by atoms with E-state index in [4.69, 9.17) is 13.7 Å². The first kappa shape index (κ1) is 22.0. The van der Waals surface area contributed by atoms with Crippen molar-refractivity contribution >= 4 is 33.0 Å². The molecule has 0 radical (unpaired) electrons. The molecule has 0 saturated carbocycles. The van der Waals surface area contributed by atoms with E-state index in [2.05, 4.69) is 5.32 Å². The Morgan fingerprint density at radius 2 is 1.73 bits per heavy atom. The predicted octanol–water partition coefficient (Wildman–Crippen LogP) is 2.55. The lowest BCUT2D eigenvalue weighted by molar-refractivity contribution is -0.118. The molecule has 1 unspecified atom stereocenters. The Hall–Kier alpha value is -2.72. The number of nitrogens with one attached hydrogen (secondary N) is 1. The van der Waals surface area contributed by atoms with E-state index in [0.29, 0.717) is 30.9 Å². The van der Waals surface area contributed by atoms with Gasteiger partial charge in [0.1, 0.15) is 5.75 Å². The number of carbonyl (C=O) groups excluding carboxylic acids is 2. The highest BCUT2D eigenvalue weighted by Crippen LogP contribution is 2.29. The number of ether oxygens (including phenoxy) is 2. The van der Waals surface area contributed by atoms with Crippen LogP contribution in [0, 0.1) is 0 Å². The molecular weight excluding hydrogens is 430 g/mol. The fraction of sp³-hybridized carbons (Fsp3) is 0.300. The zero-order valence-corrected chi connectivity index (χ0v) is 18.0. The molecule has 1 aliphatic rings. The van der Waals surface area contributed by atoms with Gasteiger partial charge in [0.05, 0.1) is 25.2 Å². The lowest BCUT2D eigenvalue weighted by atomic mass is 10.1. The summed E-state index contributed by atoms with van der Waals surface area (Å²) in [5.74, 6) is 0.890. The highest BCUT2D eigenvalue weighted by Gasteiger charge is 2.31. The van der Waals surface area contributed by atoms with Gasteiger partial charge in [0, 0.05) is 6.42 Å². The maximum absolute atomic E-state index is 11.6. The predicted molar refractivity (Wildman–Crippen MR) is 113 cm³/mol. The number of thioether (sulfide) groups is 1. The van der Waals surface area contributed by atoms with E-state index in [-0.39, 0.29) is 16.9 Å². The summed E-state index contributed by atoms with van der Waals surface area (Å²) in [7, 11) is -2.20. The molecule has 2 aromatic carbocycles. The molecule has 1 aliphatic heterocycles. The number of hydrogen-bond donors (Lipinski definition) is 1. The van der Waals surface area contributed by atoms with Crippen LogP contribution in [0.4, 0.5) is 4.79 Å². The lowest BCUT2D eigenvalue weighted by Crippen LogP contribution is -2.25. The zero-order valence-electron chi connectivity index (χ0n) is 16.4. The van der Waals surface area contributed by atoms with Crippen LogP contribution >= 0.6 is 11.8 Å².